The summed E-state index contributed by atoms with van der Waals surface area (Å²) in [5.41, 5.74) is 0.333. The summed E-state index contributed by atoms with van der Waals surface area (Å²) in [7, 11) is 0. The number of aliphatic hydroxyl groups is 1. The largest absolute Gasteiger partial charge is 0.396 e. The van der Waals surface area contributed by atoms with Crippen LogP contribution in [-0.2, 0) is 4.79 Å². The lowest BCUT2D eigenvalue weighted by Gasteiger charge is -2.06. The molecule has 1 aromatic carbocycles. The second-order valence-corrected chi connectivity index (χ2v) is 3.94. The highest BCUT2D eigenvalue weighted by atomic mass is 35.5. The number of halogens is 3. The minimum atomic E-state index is -0.711. The van der Waals surface area contributed by atoms with Crippen LogP contribution < -0.4 is 5.32 Å². The Balaban J connectivity index is 2.71. The third-order valence-corrected chi connectivity index (χ3v) is 2.38. The molecule has 0 spiro atoms. The molecule has 0 saturated heterocycles. The Morgan fingerprint density at radius 1 is 1.38 bits per heavy atom. The van der Waals surface area contributed by atoms with Crippen molar-refractivity contribution < 1.29 is 14.3 Å². The van der Waals surface area contributed by atoms with Gasteiger partial charge in [0.25, 0.3) is 0 Å². The van der Waals surface area contributed by atoms with E-state index < -0.39 is 5.82 Å². The Morgan fingerprint density at radius 2 is 1.94 bits per heavy atom. The van der Waals surface area contributed by atoms with Crippen LogP contribution in [0.25, 0.3) is 0 Å². The van der Waals surface area contributed by atoms with E-state index in [1.165, 1.54) is 12.1 Å². The Labute approximate surface area is 102 Å². The van der Waals surface area contributed by atoms with Crippen molar-refractivity contribution in [2.45, 2.75) is 12.8 Å². The van der Waals surface area contributed by atoms with Gasteiger partial charge in [0.2, 0.25) is 5.91 Å². The molecule has 0 aliphatic rings. The van der Waals surface area contributed by atoms with Gasteiger partial charge in [0.15, 0.2) is 5.82 Å². The van der Waals surface area contributed by atoms with Gasteiger partial charge in [-0.15, -0.1) is 0 Å². The lowest BCUT2D eigenvalue weighted by Crippen LogP contribution is -2.11. The lowest BCUT2D eigenvalue weighted by molar-refractivity contribution is -0.116. The number of rotatable bonds is 4. The first-order valence-electron chi connectivity index (χ1n) is 4.60. The van der Waals surface area contributed by atoms with Gasteiger partial charge in [0, 0.05) is 18.7 Å². The summed E-state index contributed by atoms with van der Waals surface area (Å²) >= 11 is 11.1. The summed E-state index contributed by atoms with van der Waals surface area (Å²) in [6.45, 7) is -0.0572. The molecule has 6 heteroatoms. The molecule has 0 bridgehead atoms. The van der Waals surface area contributed by atoms with E-state index in [1.807, 2.05) is 0 Å². The highest BCUT2D eigenvalue weighted by molar-refractivity contribution is 6.35. The van der Waals surface area contributed by atoms with Crippen LogP contribution in [-0.4, -0.2) is 17.6 Å². The van der Waals surface area contributed by atoms with Gasteiger partial charge < -0.3 is 10.4 Å². The van der Waals surface area contributed by atoms with Crippen molar-refractivity contribution in [1.29, 1.82) is 0 Å². The van der Waals surface area contributed by atoms with Gasteiger partial charge in [-0.25, -0.2) is 4.39 Å². The van der Waals surface area contributed by atoms with Gasteiger partial charge in [0.1, 0.15) is 0 Å². The summed E-state index contributed by atoms with van der Waals surface area (Å²) in [6.07, 6.45) is 0.553. The van der Waals surface area contributed by atoms with E-state index in [4.69, 9.17) is 28.3 Å². The number of benzene rings is 1. The first kappa shape index (κ1) is 13.2. The summed E-state index contributed by atoms with van der Waals surface area (Å²) in [4.78, 5) is 11.3. The normalized spacial score (nSPS) is 10.2. The maximum atomic E-state index is 13.0. The van der Waals surface area contributed by atoms with Crippen molar-refractivity contribution in [3.63, 3.8) is 0 Å². The predicted molar refractivity (Wildman–Crippen MR) is 61.4 cm³/mol. The average molecular weight is 266 g/mol. The van der Waals surface area contributed by atoms with Gasteiger partial charge >= 0.3 is 0 Å². The molecule has 0 aliphatic carbocycles. The van der Waals surface area contributed by atoms with Crippen molar-refractivity contribution in [2.24, 2.45) is 0 Å². The second kappa shape index (κ2) is 6.03. The van der Waals surface area contributed by atoms with Crippen LogP contribution in [0.4, 0.5) is 10.1 Å². The van der Waals surface area contributed by atoms with Crippen LogP contribution in [0.1, 0.15) is 12.8 Å². The fourth-order valence-electron chi connectivity index (χ4n) is 1.09. The summed E-state index contributed by atoms with van der Waals surface area (Å²) < 4.78 is 13.0. The number of carbonyl (C=O) groups is 1. The van der Waals surface area contributed by atoms with E-state index in [9.17, 15) is 9.18 Å². The van der Waals surface area contributed by atoms with Crippen LogP contribution in [0.2, 0.25) is 10.0 Å². The van der Waals surface area contributed by atoms with Crippen molar-refractivity contribution in [1.82, 2.24) is 0 Å². The van der Waals surface area contributed by atoms with E-state index in [1.54, 1.807) is 0 Å². The molecule has 0 atom stereocenters. The highest BCUT2D eigenvalue weighted by Gasteiger charge is 2.09. The molecule has 1 rings (SSSR count). The van der Waals surface area contributed by atoms with Crippen LogP contribution in [0, 0.1) is 5.82 Å². The van der Waals surface area contributed by atoms with E-state index in [-0.39, 0.29) is 29.0 Å². The first-order valence-corrected chi connectivity index (χ1v) is 5.35. The zero-order chi connectivity index (χ0) is 12.1. The molecular formula is C10H10Cl2FNO2. The SMILES string of the molecule is O=C(CCCO)Nc1cc(Cl)c(F)c(Cl)c1. The Morgan fingerprint density at radius 3 is 2.44 bits per heavy atom. The van der Waals surface area contributed by atoms with Crippen LogP contribution >= 0.6 is 23.2 Å². The highest BCUT2D eigenvalue weighted by Crippen LogP contribution is 2.27. The molecule has 16 heavy (non-hydrogen) atoms. The van der Waals surface area contributed by atoms with Gasteiger partial charge in [-0.1, -0.05) is 23.2 Å². The number of aliphatic hydroxyl groups excluding tert-OH is 1. The van der Waals surface area contributed by atoms with Gasteiger partial charge in [0.05, 0.1) is 10.0 Å². The summed E-state index contributed by atoms with van der Waals surface area (Å²) in [5.74, 6) is -0.996. The molecule has 0 aliphatic heterocycles. The van der Waals surface area contributed by atoms with E-state index >= 15 is 0 Å². The summed E-state index contributed by atoms with van der Waals surface area (Å²) in [5, 5.41) is 10.7. The molecule has 1 amide bonds. The van der Waals surface area contributed by atoms with Crippen molar-refractivity contribution in [3.8, 4) is 0 Å². The van der Waals surface area contributed by atoms with Crippen LogP contribution in [0.15, 0.2) is 12.1 Å². The number of amides is 1. The number of hydrogen-bond acceptors (Lipinski definition) is 2. The Hall–Kier alpha value is -0.840. The first-order chi connectivity index (χ1) is 7.54. The molecule has 0 aromatic heterocycles. The van der Waals surface area contributed by atoms with Crippen molar-refractivity contribution >= 4 is 34.8 Å². The third-order valence-electron chi connectivity index (χ3n) is 1.83. The minimum absolute atomic E-state index is 0.0572. The van der Waals surface area contributed by atoms with E-state index in [0.717, 1.165) is 0 Å². The van der Waals surface area contributed by atoms with Crippen LogP contribution in [0.3, 0.4) is 0 Å². The molecule has 0 saturated carbocycles. The zero-order valence-electron chi connectivity index (χ0n) is 8.27. The topological polar surface area (TPSA) is 49.3 Å². The average Bonchev–Trinajstić information content (AvgIpc) is 2.23. The third kappa shape index (κ3) is 3.63. The fraction of sp³-hybridized carbons (Fsp3) is 0.300. The van der Waals surface area contributed by atoms with Crippen LogP contribution in [0.5, 0.6) is 0 Å². The molecule has 0 unspecified atom stereocenters. The van der Waals surface area contributed by atoms with E-state index in [0.29, 0.717) is 12.1 Å². The zero-order valence-corrected chi connectivity index (χ0v) is 9.78. The van der Waals surface area contributed by atoms with Gasteiger partial charge in [-0.05, 0) is 18.6 Å². The van der Waals surface area contributed by atoms with E-state index in [2.05, 4.69) is 5.32 Å². The number of hydrogen-bond donors (Lipinski definition) is 2. The number of nitrogens with one attached hydrogen (secondary N) is 1. The Bertz CT molecular complexity index is 375. The molecule has 0 fully saturated rings. The Kier molecular flexibility index (Phi) is 4.99. The number of anilines is 1. The van der Waals surface area contributed by atoms with Gasteiger partial charge in [-0.2, -0.15) is 0 Å². The monoisotopic (exact) mass is 265 g/mol. The molecular weight excluding hydrogens is 256 g/mol. The van der Waals surface area contributed by atoms with Crippen molar-refractivity contribution in [2.75, 3.05) is 11.9 Å². The fourth-order valence-corrected chi connectivity index (χ4v) is 1.58. The molecule has 2 N–H and O–H groups in total. The molecule has 1 aromatic rings. The maximum Gasteiger partial charge on any atom is 0.224 e. The molecule has 3 nitrogen and oxygen atoms in total. The second-order valence-electron chi connectivity index (χ2n) is 3.13. The lowest BCUT2D eigenvalue weighted by atomic mass is 10.2. The molecule has 0 radical (unpaired) electrons. The quantitative estimate of drug-likeness (QED) is 0.823. The summed E-state index contributed by atoms with van der Waals surface area (Å²) in [6, 6.07) is 2.55. The maximum absolute atomic E-state index is 13.0. The molecule has 0 heterocycles. The molecule has 88 valence electrons. The predicted octanol–water partition coefficient (Wildman–Crippen LogP) is 2.84. The minimum Gasteiger partial charge on any atom is -0.396 e. The van der Waals surface area contributed by atoms with Gasteiger partial charge in [-0.3, -0.25) is 4.79 Å². The van der Waals surface area contributed by atoms with Crippen molar-refractivity contribution in [3.05, 3.63) is 28.0 Å². The smallest absolute Gasteiger partial charge is 0.224 e. The number of carbonyl (C=O) groups excluding carboxylic acids is 1. The standard InChI is InChI=1S/C10H10Cl2FNO2/c11-7-4-6(5-8(12)10(7)13)14-9(16)2-1-3-15/h4-5,15H,1-3H2,(H,14,16).